The Bertz CT molecular complexity index is 737. The Morgan fingerprint density at radius 2 is 1.75 bits per heavy atom. The average molecular weight is 301 g/mol. The predicted molar refractivity (Wildman–Crippen MR) is 83.5 cm³/mol. The number of hydrogen-bond acceptors (Lipinski definition) is 4. The maximum Gasteiger partial charge on any atom is 0.331 e. The number of benzene rings is 2. The normalized spacial score (nSPS) is 14.1. The number of hydrogen-bond donors (Lipinski definition) is 2. The number of thiazole rings is 1. The molecule has 1 unspecified atom stereocenters. The van der Waals surface area contributed by atoms with Crippen molar-refractivity contribution in [3.05, 3.63) is 65.2 Å². The van der Waals surface area contributed by atoms with Crippen molar-refractivity contribution in [2.24, 2.45) is 0 Å². The molecule has 0 aliphatic carbocycles. The summed E-state index contributed by atoms with van der Waals surface area (Å²) in [6, 6.07) is 16.6. The summed E-state index contributed by atoms with van der Waals surface area (Å²) >= 11 is 5.81. The number of carboxylic acid groups (broad SMARTS) is 1. The minimum absolute atomic E-state index is 0.473. The highest BCUT2D eigenvalue weighted by atomic mass is 32.1. The second kappa shape index (κ2) is 4.92. The second-order valence-corrected chi connectivity index (χ2v) is 6.07. The van der Waals surface area contributed by atoms with Gasteiger partial charge in [-0.2, -0.15) is 0 Å². The Kier molecular flexibility index (Phi) is 3.23. The lowest BCUT2D eigenvalue weighted by molar-refractivity contribution is -0.138. The Balaban J connectivity index is 2.23. The van der Waals surface area contributed by atoms with Crippen LogP contribution < -0.4 is 0 Å². The summed E-state index contributed by atoms with van der Waals surface area (Å²) in [5.74, 6) is -1.02. The monoisotopic (exact) mass is 301 g/mol. The minimum atomic E-state index is -1.43. The highest BCUT2D eigenvalue weighted by Crippen LogP contribution is 2.40. The van der Waals surface area contributed by atoms with E-state index in [0.717, 1.165) is 10.2 Å². The molecule has 0 saturated heterocycles. The molecule has 0 aliphatic heterocycles. The first kappa shape index (κ1) is 13.1. The zero-order valence-electron chi connectivity index (χ0n) is 10.4. The zero-order chi connectivity index (χ0) is 14.2. The third-order valence-electron chi connectivity index (χ3n) is 3.10. The van der Waals surface area contributed by atoms with Crippen LogP contribution >= 0.6 is 24.0 Å². The summed E-state index contributed by atoms with van der Waals surface area (Å²) in [6.45, 7) is 0. The van der Waals surface area contributed by atoms with Gasteiger partial charge in [-0.25, -0.2) is 9.78 Å². The molecule has 0 bridgehead atoms. The Hall–Kier alpha value is -1.85. The van der Waals surface area contributed by atoms with Crippen molar-refractivity contribution in [1.82, 2.24) is 4.98 Å². The predicted octanol–water partition coefficient (Wildman–Crippen LogP) is 3.55. The van der Waals surface area contributed by atoms with Gasteiger partial charge < -0.3 is 5.11 Å². The van der Waals surface area contributed by atoms with Crippen molar-refractivity contribution in [1.29, 1.82) is 0 Å². The number of carboxylic acids is 1. The summed E-state index contributed by atoms with van der Waals surface area (Å²) in [5.41, 5.74) is 1.40. The van der Waals surface area contributed by atoms with Crippen molar-refractivity contribution in [3.8, 4) is 0 Å². The van der Waals surface area contributed by atoms with Crippen molar-refractivity contribution in [2.45, 2.75) is 4.75 Å². The molecule has 5 heteroatoms. The van der Waals surface area contributed by atoms with E-state index in [4.69, 9.17) is 0 Å². The summed E-state index contributed by atoms with van der Waals surface area (Å²) in [4.78, 5) is 16.2. The van der Waals surface area contributed by atoms with Crippen LogP contribution in [0, 0.1) is 0 Å². The number of carbonyl (C=O) groups is 1. The number of aliphatic carboxylic acids is 1. The van der Waals surface area contributed by atoms with Crippen LogP contribution in [0.5, 0.6) is 0 Å². The van der Waals surface area contributed by atoms with E-state index in [0.29, 0.717) is 10.6 Å². The van der Waals surface area contributed by atoms with Crippen LogP contribution in [-0.2, 0) is 9.54 Å². The molecule has 0 fully saturated rings. The molecule has 0 saturated carbocycles. The van der Waals surface area contributed by atoms with Crippen molar-refractivity contribution < 1.29 is 9.90 Å². The van der Waals surface area contributed by atoms with Gasteiger partial charge >= 0.3 is 5.97 Å². The first-order chi connectivity index (χ1) is 9.62. The third-order valence-corrected chi connectivity index (χ3v) is 5.07. The summed E-state index contributed by atoms with van der Waals surface area (Å²) in [6.07, 6.45) is 0. The fourth-order valence-corrected chi connectivity index (χ4v) is 3.45. The quantitative estimate of drug-likeness (QED) is 0.727. The first-order valence-corrected chi connectivity index (χ1v) is 7.26. The summed E-state index contributed by atoms with van der Waals surface area (Å²) in [7, 11) is 0. The lowest BCUT2D eigenvalue weighted by Gasteiger charge is -2.21. The number of fused-ring (bicyclic) bond motifs is 1. The van der Waals surface area contributed by atoms with Crippen LogP contribution in [0.15, 0.2) is 54.6 Å². The fraction of sp³-hybridized carbons (Fsp3) is 0.0667. The Morgan fingerprint density at radius 1 is 1.10 bits per heavy atom. The van der Waals surface area contributed by atoms with E-state index < -0.39 is 10.7 Å². The van der Waals surface area contributed by atoms with Crippen LogP contribution in [0.2, 0.25) is 0 Å². The molecule has 1 atom stereocenters. The SMILES string of the molecule is O=C(O)C(S)(c1ccccc1)c1nc2ccccc2s1. The number of thiol groups is 1. The highest BCUT2D eigenvalue weighted by Gasteiger charge is 2.41. The lowest BCUT2D eigenvalue weighted by atomic mass is 9.99. The van der Waals surface area contributed by atoms with Crippen LogP contribution in [-0.4, -0.2) is 16.1 Å². The molecular formula is C15H11NO2S2. The maximum atomic E-state index is 11.8. The van der Waals surface area contributed by atoms with Gasteiger partial charge in [0.15, 0.2) is 4.75 Å². The molecule has 1 heterocycles. The van der Waals surface area contributed by atoms with E-state index in [2.05, 4.69) is 17.6 Å². The number of nitrogens with zero attached hydrogens (tertiary/aromatic N) is 1. The minimum Gasteiger partial charge on any atom is -0.480 e. The van der Waals surface area contributed by atoms with Crippen molar-refractivity contribution in [3.63, 3.8) is 0 Å². The van der Waals surface area contributed by atoms with Gasteiger partial charge in [-0.15, -0.1) is 24.0 Å². The molecule has 0 radical (unpaired) electrons. The zero-order valence-corrected chi connectivity index (χ0v) is 12.1. The van der Waals surface area contributed by atoms with Gasteiger partial charge in [0.05, 0.1) is 10.2 Å². The van der Waals surface area contributed by atoms with E-state index >= 15 is 0 Å². The Morgan fingerprint density at radius 3 is 2.40 bits per heavy atom. The molecule has 0 aliphatic rings. The van der Waals surface area contributed by atoms with Gasteiger partial charge in [0.25, 0.3) is 0 Å². The molecular weight excluding hydrogens is 290 g/mol. The standard InChI is InChI=1S/C15H11NO2S2/c17-14(18)15(19,10-6-2-1-3-7-10)13-16-11-8-4-5-9-12(11)20-13/h1-9,19H,(H,17,18). The summed E-state index contributed by atoms with van der Waals surface area (Å²) in [5, 5.41) is 10.1. The molecule has 20 heavy (non-hydrogen) atoms. The van der Waals surface area contributed by atoms with Gasteiger partial charge in [0.2, 0.25) is 0 Å². The topological polar surface area (TPSA) is 50.2 Å². The van der Waals surface area contributed by atoms with E-state index in [1.165, 1.54) is 11.3 Å². The van der Waals surface area contributed by atoms with Crippen LogP contribution in [0.1, 0.15) is 10.6 Å². The van der Waals surface area contributed by atoms with Gasteiger partial charge in [0, 0.05) is 0 Å². The highest BCUT2D eigenvalue weighted by molar-refractivity contribution is 7.82. The number of para-hydroxylation sites is 1. The molecule has 3 aromatic rings. The Labute approximate surface area is 125 Å². The lowest BCUT2D eigenvalue weighted by Crippen LogP contribution is -2.31. The maximum absolute atomic E-state index is 11.8. The van der Waals surface area contributed by atoms with Crippen molar-refractivity contribution >= 4 is 40.2 Å². The van der Waals surface area contributed by atoms with Crippen molar-refractivity contribution in [2.75, 3.05) is 0 Å². The van der Waals surface area contributed by atoms with E-state index in [1.807, 2.05) is 30.3 Å². The molecule has 3 nitrogen and oxygen atoms in total. The average Bonchev–Trinajstić information content (AvgIpc) is 2.91. The van der Waals surface area contributed by atoms with Gasteiger partial charge in [-0.1, -0.05) is 42.5 Å². The smallest absolute Gasteiger partial charge is 0.331 e. The fourth-order valence-electron chi connectivity index (χ4n) is 2.04. The van der Waals surface area contributed by atoms with E-state index in [1.54, 1.807) is 24.3 Å². The third kappa shape index (κ3) is 1.99. The van der Waals surface area contributed by atoms with E-state index in [9.17, 15) is 9.90 Å². The van der Waals surface area contributed by atoms with Gasteiger partial charge in [-0.05, 0) is 17.7 Å². The molecule has 3 rings (SSSR count). The molecule has 2 aromatic carbocycles. The van der Waals surface area contributed by atoms with E-state index in [-0.39, 0.29) is 0 Å². The van der Waals surface area contributed by atoms with Gasteiger partial charge in [0.1, 0.15) is 5.01 Å². The molecule has 0 spiro atoms. The van der Waals surface area contributed by atoms with Gasteiger partial charge in [-0.3, -0.25) is 0 Å². The van der Waals surface area contributed by atoms with Crippen LogP contribution in [0.3, 0.4) is 0 Å². The molecule has 0 amide bonds. The molecule has 1 N–H and O–H groups in total. The summed E-state index contributed by atoms with van der Waals surface area (Å²) < 4.78 is -0.469. The molecule has 1 aromatic heterocycles. The molecule has 100 valence electrons. The number of aromatic nitrogens is 1. The largest absolute Gasteiger partial charge is 0.480 e. The number of rotatable bonds is 3. The second-order valence-electron chi connectivity index (χ2n) is 4.37. The first-order valence-electron chi connectivity index (χ1n) is 5.99. The van der Waals surface area contributed by atoms with Crippen LogP contribution in [0.25, 0.3) is 10.2 Å². The van der Waals surface area contributed by atoms with Crippen LogP contribution in [0.4, 0.5) is 0 Å².